The van der Waals surface area contributed by atoms with Crippen LogP contribution in [0.1, 0.15) is 55.5 Å². The van der Waals surface area contributed by atoms with E-state index in [9.17, 15) is 4.79 Å². The van der Waals surface area contributed by atoms with E-state index in [1.807, 2.05) is 6.92 Å². The molecule has 0 spiro atoms. The molecule has 1 aliphatic carbocycles. The molecule has 1 aromatic heterocycles. The lowest BCUT2D eigenvalue weighted by molar-refractivity contribution is 0.0524. The van der Waals surface area contributed by atoms with E-state index >= 15 is 0 Å². The zero-order chi connectivity index (χ0) is 12.5. The van der Waals surface area contributed by atoms with Crippen LogP contribution in [0.2, 0.25) is 0 Å². The van der Waals surface area contributed by atoms with E-state index in [0.717, 1.165) is 30.8 Å². The molecule has 0 saturated heterocycles. The van der Waals surface area contributed by atoms with Crippen LogP contribution in [0.15, 0.2) is 6.20 Å². The molecule has 1 saturated carbocycles. The summed E-state index contributed by atoms with van der Waals surface area (Å²) in [5, 5.41) is 0. The zero-order valence-corrected chi connectivity index (χ0v) is 10.6. The molecule has 0 atom stereocenters. The minimum atomic E-state index is -0.322. The van der Waals surface area contributed by atoms with Gasteiger partial charge in [0.1, 0.15) is 5.82 Å². The summed E-state index contributed by atoms with van der Waals surface area (Å²) in [5.74, 6) is 0.541. The van der Waals surface area contributed by atoms with Gasteiger partial charge < -0.3 is 4.74 Å². The maximum atomic E-state index is 11.7. The molecular weight excluding hydrogens is 216 g/mol. The first-order valence-corrected chi connectivity index (χ1v) is 6.14. The SMILES string of the molecule is CCOC(=O)c1cnc(C2(C)CC2)nc1CC. The van der Waals surface area contributed by atoms with Crippen molar-refractivity contribution in [2.45, 2.75) is 45.4 Å². The molecule has 92 valence electrons. The van der Waals surface area contributed by atoms with E-state index in [4.69, 9.17) is 4.74 Å². The molecule has 1 aliphatic rings. The fourth-order valence-corrected chi connectivity index (χ4v) is 1.77. The van der Waals surface area contributed by atoms with Crippen molar-refractivity contribution in [2.24, 2.45) is 0 Å². The number of aryl methyl sites for hydroxylation is 1. The summed E-state index contributed by atoms with van der Waals surface area (Å²) >= 11 is 0. The van der Waals surface area contributed by atoms with Gasteiger partial charge in [-0.05, 0) is 26.2 Å². The number of rotatable bonds is 4. The van der Waals surface area contributed by atoms with Crippen molar-refractivity contribution >= 4 is 5.97 Å². The van der Waals surface area contributed by atoms with Gasteiger partial charge >= 0.3 is 5.97 Å². The maximum Gasteiger partial charge on any atom is 0.341 e. The highest BCUT2D eigenvalue weighted by Gasteiger charge is 2.42. The largest absolute Gasteiger partial charge is 0.462 e. The van der Waals surface area contributed by atoms with Crippen LogP contribution in [0.4, 0.5) is 0 Å². The van der Waals surface area contributed by atoms with Crippen LogP contribution in [0.5, 0.6) is 0 Å². The molecule has 1 fully saturated rings. The minimum absolute atomic E-state index is 0.136. The number of aromatic nitrogens is 2. The molecule has 0 amide bonds. The van der Waals surface area contributed by atoms with Crippen LogP contribution in [-0.4, -0.2) is 22.5 Å². The standard InChI is InChI=1S/C13H18N2O2/c1-4-10-9(11(16)17-5-2)8-14-12(15-10)13(3)6-7-13/h8H,4-7H2,1-3H3. The Bertz CT molecular complexity index is 439. The quantitative estimate of drug-likeness (QED) is 0.750. The normalized spacial score (nSPS) is 16.6. The van der Waals surface area contributed by atoms with Crippen molar-refractivity contribution in [2.75, 3.05) is 6.61 Å². The Labute approximate surface area is 101 Å². The summed E-state index contributed by atoms with van der Waals surface area (Å²) < 4.78 is 4.99. The second kappa shape index (κ2) is 4.43. The Morgan fingerprint density at radius 2 is 2.18 bits per heavy atom. The van der Waals surface area contributed by atoms with Crippen LogP contribution in [0.3, 0.4) is 0 Å². The van der Waals surface area contributed by atoms with E-state index in [0.29, 0.717) is 12.2 Å². The Morgan fingerprint density at radius 3 is 2.71 bits per heavy atom. The summed E-state index contributed by atoms with van der Waals surface area (Å²) in [7, 11) is 0. The Balaban J connectivity index is 2.31. The molecule has 1 aromatic rings. The first-order valence-electron chi connectivity index (χ1n) is 6.14. The van der Waals surface area contributed by atoms with Crippen molar-refractivity contribution in [3.05, 3.63) is 23.3 Å². The fraction of sp³-hybridized carbons (Fsp3) is 0.615. The van der Waals surface area contributed by atoms with Crippen LogP contribution in [0, 0.1) is 0 Å². The molecule has 0 bridgehead atoms. The zero-order valence-electron chi connectivity index (χ0n) is 10.6. The van der Waals surface area contributed by atoms with Crippen LogP contribution in [0.25, 0.3) is 0 Å². The number of nitrogens with zero attached hydrogens (tertiary/aromatic N) is 2. The second-order valence-electron chi connectivity index (χ2n) is 4.69. The van der Waals surface area contributed by atoms with Gasteiger partial charge in [0, 0.05) is 11.6 Å². The Morgan fingerprint density at radius 1 is 1.47 bits per heavy atom. The lowest BCUT2D eigenvalue weighted by atomic mass is 10.1. The minimum Gasteiger partial charge on any atom is -0.462 e. The van der Waals surface area contributed by atoms with Crippen LogP contribution >= 0.6 is 0 Å². The second-order valence-corrected chi connectivity index (χ2v) is 4.69. The van der Waals surface area contributed by atoms with Crippen molar-refractivity contribution in [3.8, 4) is 0 Å². The van der Waals surface area contributed by atoms with Gasteiger partial charge in [0.25, 0.3) is 0 Å². The molecule has 0 aliphatic heterocycles. The van der Waals surface area contributed by atoms with Gasteiger partial charge in [-0.3, -0.25) is 0 Å². The molecule has 2 rings (SSSR count). The Hall–Kier alpha value is -1.45. The average Bonchev–Trinajstić information content (AvgIpc) is 3.08. The number of hydrogen-bond donors (Lipinski definition) is 0. The average molecular weight is 234 g/mol. The summed E-state index contributed by atoms with van der Waals surface area (Å²) in [5.41, 5.74) is 1.43. The van der Waals surface area contributed by atoms with Gasteiger partial charge in [-0.25, -0.2) is 14.8 Å². The first-order chi connectivity index (χ1) is 8.10. The third-order valence-electron chi connectivity index (χ3n) is 3.24. The highest BCUT2D eigenvalue weighted by atomic mass is 16.5. The third kappa shape index (κ3) is 2.30. The highest BCUT2D eigenvalue weighted by molar-refractivity contribution is 5.90. The monoisotopic (exact) mass is 234 g/mol. The number of esters is 1. The molecule has 0 aromatic carbocycles. The number of ether oxygens (including phenoxy) is 1. The van der Waals surface area contributed by atoms with E-state index in [-0.39, 0.29) is 11.4 Å². The number of hydrogen-bond acceptors (Lipinski definition) is 4. The van der Waals surface area contributed by atoms with E-state index < -0.39 is 0 Å². The van der Waals surface area contributed by atoms with E-state index in [2.05, 4.69) is 16.9 Å². The summed E-state index contributed by atoms with van der Waals surface area (Å²) in [4.78, 5) is 20.5. The maximum absolute atomic E-state index is 11.7. The lowest BCUT2D eigenvalue weighted by Gasteiger charge is -2.11. The fourth-order valence-electron chi connectivity index (χ4n) is 1.77. The van der Waals surface area contributed by atoms with Crippen molar-refractivity contribution in [3.63, 3.8) is 0 Å². The first kappa shape index (κ1) is 12.0. The van der Waals surface area contributed by atoms with Gasteiger partial charge in [0.2, 0.25) is 0 Å². The predicted molar refractivity (Wildman–Crippen MR) is 64.0 cm³/mol. The molecular formula is C13H18N2O2. The van der Waals surface area contributed by atoms with Crippen molar-refractivity contribution in [1.82, 2.24) is 9.97 Å². The Kier molecular flexibility index (Phi) is 3.13. The molecule has 0 unspecified atom stereocenters. The predicted octanol–water partition coefficient (Wildman–Crippen LogP) is 2.27. The van der Waals surface area contributed by atoms with Crippen LogP contribution in [-0.2, 0) is 16.6 Å². The van der Waals surface area contributed by atoms with Crippen molar-refractivity contribution < 1.29 is 9.53 Å². The molecule has 17 heavy (non-hydrogen) atoms. The molecule has 4 heteroatoms. The highest BCUT2D eigenvalue weighted by Crippen LogP contribution is 2.45. The molecule has 1 heterocycles. The summed E-state index contributed by atoms with van der Waals surface area (Å²) in [6, 6.07) is 0. The topological polar surface area (TPSA) is 52.1 Å². The summed E-state index contributed by atoms with van der Waals surface area (Å²) in [6.07, 6.45) is 4.60. The van der Waals surface area contributed by atoms with Gasteiger partial charge in [-0.1, -0.05) is 13.8 Å². The lowest BCUT2D eigenvalue weighted by Crippen LogP contribution is -2.15. The molecule has 0 radical (unpaired) electrons. The van der Waals surface area contributed by atoms with Crippen molar-refractivity contribution in [1.29, 1.82) is 0 Å². The van der Waals surface area contributed by atoms with Gasteiger partial charge in [-0.15, -0.1) is 0 Å². The van der Waals surface area contributed by atoms with Gasteiger partial charge in [-0.2, -0.15) is 0 Å². The number of carbonyl (C=O) groups is 1. The van der Waals surface area contributed by atoms with Crippen LogP contribution < -0.4 is 0 Å². The summed E-state index contributed by atoms with van der Waals surface area (Å²) in [6.45, 7) is 6.32. The smallest absolute Gasteiger partial charge is 0.341 e. The van der Waals surface area contributed by atoms with E-state index in [1.54, 1.807) is 13.1 Å². The third-order valence-corrected chi connectivity index (χ3v) is 3.24. The van der Waals surface area contributed by atoms with Gasteiger partial charge in [0.15, 0.2) is 0 Å². The van der Waals surface area contributed by atoms with Gasteiger partial charge in [0.05, 0.1) is 17.9 Å². The molecule has 0 N–H and O–H groups in total. The number of carbonyl (C=O) groups excluding carboxylic acids is 1. The van der Waals surface area contributed by atoms with E-state index in [1.165, 1.54) is 0 Å². The molecule has 4 nitrogen and oxygen atoms in total.